The number of rotatable bonds is 12. The maximum Gasteiger partial charge on any atom is 0.424 e. The van der Waals surface area contributed by atoms with E-state index in [9.17, 15) is 32.3 Å². The minimum atomic E-state index is -5.25. The van der Waals surface area contributed by atoms with E-state index in [4.69, 9.17) is 10.5 Å². The Kier molecular flexibility index (Phi) is 10.6. The molecule has 14 heteroatoms. The highest BCUT2D eigenvalue weighted by molar-refractivity contribution is 7.22. The second-order valence-corrected chi connectivity index (χ2v) is 12.1. The lowest BCUT2D eigenvalue weighted by atomic mass is 9.93. The monoisotopic (exact) mass is 661 g/mol. The van der Waals surface area contributed by atoms with Gasteiger partial charge in [-0.3, -0.25) is 9.59 Å². The second kappa shape index (κ2) is 14.1. The van der Waals surface area contributed by atoms with Crippen LogP contribution in [-0.4, -0.2) is 52.3 Å². The number of halogens is 4. The summed E-state index contributed by atoms with van der Waals surface area (Å²) < 4.78 is 63.9. The number of carbonyl (C=O) groups excluding carboxylic acids is 2. The molecular formula is C32H35F4N5O4S. The van der Waals surface area contributed by atoms with Crippen LogP contribution in [0.25, 0.3) is 21.5 Å². The first-order valence-electron chi connectivity index (χ1n) is 14.7. The molecule has 2 aromatic heterocycles. The number of nitrogens with two attached hydrogens (primary N) is 1. The molecule has 0 aliphatic rings. The van der Waals surface area contributed by atoms with Gasteiger partial charge in [0.1, 0.15) is 17.3 Å². The van der Waals surface area contributed by atoms with E-state index in [0.29, 0.717) is 28.6 Å². The molecule has 0 spiro atoms. The zero-order chi connectivity index (χ0) is 33.8. The molecule has 4 rings (SSSR count). The van der Waals surface area contributed by atoms with Gasteiger partial charge in [0.25, 0.3) is 5.91 Å². The number of anilines is 1. The number of pyridine rings is 1. The van der Waals surface area contributed by atoms with Gasteiger partial charge in [-0.25, -0.2) is 14.4 Å². The molecule has 2 heterocycles. The summed E-state index contributed by atoms with van der Waals surface area (Å²) in [4.78, 5) is 33.9. The van der Waals surface area contributed by atoms with Crippen molar-refractivity contribution < 1.29 is 37.0 Å². The second-order valence-electron chi connectivity index (χ2n) is 11.0. The standard InChI is InChI=1S/C32H35F4N5O4S/c1-5-7-19-15-24(40-26(27(19)45-6-2)18-8-11-21(33)12-9-18)31(44,32(34,35)36)16-38-28(42)20-10-13-22-23(14-20)46-30(39-22)41-29(43)25(37)17(3)4/h8-15,17,25,44H,5-7,16,37H2,1-4H3,(H,38,42)(H,39,41,43)/t25?,31-/m0/s1. The van der Waals surface area contributed by atoms with Gasteiger partial charge in [0.2, 0.25) is 11.5 Å². The van der Waals surface area contributed by atoms with Crippen LogP contribution in [0.15, 0.2) is 48.5 Å². The number of hydrogen-bond donors (Lipinski definition) is 4. The molecule has 2 aromatic carbocycles. The van der Waals surface area contributed by atoms with Gasteiger partial charge in [0.15, 0.2) is 5.13 Å². The Morgan fingerprint density at radius 2 is 1.76 bits per heavy atom. The van der Waals surface area contributed by atoms with Gasteiger partial charge in [-0.1, -0.05) is 38.5 Å². The number of ether oxygens (including phenoxy) is 1. The molecule has 4 aromatic rings. The maximum absolute atomic E-state index is 14.6. The van der Waals surface area contributed by atoms with Crippen molar-refractivity contribution in [1.82, 2.24) is 15.3 Å². The summed E-state index contributed by atoms with van der Waals surface area (Å²) >= 11 is 1.07. The fourth-order valence-electron chi connectivity index (χ4n) is 4.62. The number of amides is 2. The number of fused-ring (bicyclic) bond motifs is 1. The van der Waals surface area contributed by atoms with Crippen molar-refractivity contribution in [3.8, 4) is 17.0 Å². The van der Waals surface area contributed by atoms with Crippen LogP contribution in [0.1, 0.15) is 55.7 Å². The van der Waals surface area contributed by atoms with E-state index in [2.05, 4.69) is 20.6 Å². The summed E-state index contributed by atoms with van der Waals surface area (Å²) in [5.74, 6) is -1.73. The lowest BCUT2D eigenvalue weighted by Gasteiger charge is -2.31. The molecule has 0 saturated carbocycles. The lowest BCUT2D eigenvalue weighted by molar-refractivity contribution is -0.265. The Bertz CT molecular complexity index is 1710. The van der Waals surface area contributed by atoms with Gasteiger partial charge in [-0.15, -0.1) is 0 Å². The van der Waals surface area contributed by atoms with Crippen LogP contribution in [-0.2, 0) is 16.8 Å². The van der Waals surface area contributed by atoms with Crippen molar-refractivity contribution in [3.05, 3.63) is 71.2 Å². The highest BCUT2D eigenvalue weighted by Crippen LogP contribution is 2.42. The van der Waals surface area contributed by atoms with Crippen LogP contribution in [0.2, 0.25) is 0 Å². The third-order valence-corrected chi connectivity index (χ3v) is 8.21. The molecular weight excluding hydrogens is 626 g/mol. The Morgan fingerprint density at radius 1 is 1.07 bits per heavy atom. The minimum Gasteiger partial charge on any atom is -0.491 e. The van der Waals surface area contributed by atoms with Crippen LogP contribution in [0.4, 0.5) is 22.7 Å². The first-order valence-corrected chi connectivity index (χ1v) is 15.5. The topological polar surface area (TPSA) is 139 Å². The summed E-state index contributed by atoms with van der Waals surface area (Å²) in [6.07, 6.45) is -4.40. The summed E-state index contributed by atoms with van der Waals surface area (Å²) in [7, 11) is 0. The first kappa shape index (κ1) is 34.7. The molecule has 0 aliphatic carbocycles. The van der Waals surface area contributed by atoms with Crippen molar-refractivity contribution in [2.75, 3.05) is 18.5 Å². The zero-order valence-electron chi connectivity index (χ0n) is 25.7. The van der Waals surface area contributed by atoms with Crippen LogP contribution >= 0.6 is 11.3 Å². The molecule has 0 saturated heterocycles. The third-order valence-electron chi connectivity index (χ3n) is 7.27. The average Bonchev–Trinajstić information content (AvgIpc) is 3.41. The number of aromatic nitrogens is 2. The quantitative estimate of drug-likeness (QED) is 0.138. The van der Waals surface area contributed by atoms with Crippen molar-refractivity contribution in [3.63, 3.8) is 0 Å². The van der Waals surface area contributed by atoms with Gasteiger partial charge >= 0.3 is 6.18 Å². The molecule has 0 radical (unpaired) electrons. The third kappa shape index (κ3) is 7.45. The number of alkyl halides is 3. The van der Waals surface area contributed by atoms with Crippen molar-refractivity contribution in [1.29, 1.82) is 0 Å². The number of benzene rings is 2. The smallest absolute Gasteiger partial charge is 0.424 e. The molecule has 2 atom stereocenters. The highest BCUT2D eigenvalue weighted by atomic mass is 32.1. The largest absolute Gasteiger partial charge is 0.491 e. The van der Waals surface area contributed by atoms with E-state index in [0.717, 1.165) is 29.5 Å². The van der Waals surface area contributed by atoms with Crippen molar-refractivity contribution in [2.24, 2.45) is 11.7 Å². The highest BCUT2D eigenvalue weighted by Gasteiger charge is 2.56. The van der Waals surface area contributed by atoms with Gasteiger partial charge in [-0.2, -0.15) is 13.2 Å². The molecule has 5 N–H and O–H groups in total. The fraction of sp³-hybridized carbons (Fsp3) is 0.375. The van der Waals surface area contributed by atoms with Crippen LogP contribution in [0.3, 0.4) is 0 Å². The molecule has 9 nitrogen and oxygen atoms in total. The molecule has 0 aliphatic heterocycles. The van der Waals surface area contributed by atoms with E-state index in [-0.39, 0.29) is 40.2 Å². The number of nitrogens with one attached hydrogen (secondary N) is 2. The molecule has 0 fully saturated rings. The number of nitrogens with zero attached hydrogens (tertiary/aromatic N) is 2. The van der Waals surface area contributed by atoms with Crippen molar-refractivity contribution >= 4 is 38.5 Å². The maximum atomic E-state index is 14.6. The Labute approximate surface area is 267 Å². The van der Waals surface area contributed by atoms with E-state index >= 15 is 0 Å². The molecule has 2 amide bonds. The lowest BCUT2D eigenvalue weighted by Crippen LogP contribution is -2.51. The van der Waals surface area contributed by atoms with E-state index in [1.807, 2.05) is 6.92 Å². The molecule has 0 bridgehead atoms. The molecule has 46 heavy (non-hydrogen) atoms. The summed E-state index contributed by atoms with van der Waals surface area (Å²) in [6.45, 7) is 6.08. The minimum absolute atomic E-state index is 0.00435. The zero-order valence-corrected chi connectivity index (χ0v) is 26.5. The van der Waals surface area contributed by atoms with Gasteiger partial charge in [0, 0.05) is 11.1 Å². The summed E-state index contributed by atoms with van der Waals surface area (Å²) in [6, 6.07) is 9.68. The van der Waals surface area contributed by atoms with Crippen LogP contribution in [0, 0.1) is 11.7 Å². The fourth-order valence-corrected chi connectivity index (χ4v) is 5.53. The Hall–Kier alpha value is -4.14. The summed E-state index contributed by atoms with van der Waals surface area (Å²) in [5.41, 5.74) is 2.67. The number of thiazole rings is 1. The first-order chi connectivity index (χ1) is 21.7. The molecule has 1 unspecified atom stereocenters. The summed E-state index contributed by atoms with van der Waals surface area (Å²) in [5, 5.41) is 16.3. The average molecular weight is 662 g/mol. The van der Waals surface area contributed by atoms with E-state index in [1.165, 1.54) is 30.3 Å². The normalized spacial score (nSPS) is 13.8. The number of aryl methyl sites for hydroxylation is 1. The number of carbonyl (C=O) groups is 2. The Morgan fingerprint density at radius 3 is 2.37 bits per heavy atom. The van der Waals surface area contributed by atoms with Crippen LogP contribution in [0.5, 0.6) is 5.75 Å². The number of hydrogen-bond acceptors (Lipinski definition) is 8. The predicted octanol–water partition coefficient (Wildman–Crippen LogP) is 5.95. The van der Waals surface area contributed by atoms with Crippen LogP contribution < -0.4 is 21.1 Å². The van der Waals surface area contributed by atoms with Gasteiger partial charge in [0.05, 0.1) is 35.1 Å². The van der Waals surface area contributed by atoms with Crippen molar-refractivity contribution in [2.45, 2.75) is 58.4 Å². The van der Waals surface area contributed by atoms with E-state index < -0.39 is 47.7 Å². The van der Waals surface area contributed by atoms with Gasteiger partial charge < -0.3 is 26.2 Å². The van der Waals surface area contributed by atoms with Gasteiger partial charge in [-0.05, 0) is 73.4 Å². The van der Waals surface area contributed by atoms with E-state index in [1.54, 1.807) is 20.8 Å². The number of aliphatic hydroxyl groups is 1. The Balaban J connectivity index is 1.66. The SMILES string of the molecule is CCCc1cc([C@@](O)(CNC(=O)c2ccc3nc(NC(=O)C(N)C(C)C)sc3c2)C(F)(F)F)nc(-c2ccc(F)cc2)c1OCC. The molecule has 246 valence electrons. The predicted molar refractivity (Wildman–Crippen MR) is 168 cm³/mol.